The van der Waals surface area contributed by atoms with E-state index < -0.39 is 0 Å². The number of amides is 1. The predicted octanol–water partition coefficient (Wildman–Crippen LogP) is 3.77. The first kappa shape index (κ1) is 14.5. The van der Waals surface area contributed by atoms with Crippen LogP contribution in [0, 0.1) is 5.92 Å². The fraction of sp³-hybridized carbons (Fsp3) is 0.562. The molecule has 1 aliphatic heterocycles. The average Bonchev–Trinajstić information content (AvgIpc) is 2.90. The molecule has 1 aromatic rings. The Balaban J connectivity index is 1.51. The van der Waals surface area contributed by atoms with Crippen LogP contribution in [0.25, 0.3) is 0 Å². The lowest BCUT2D eigenvalue weighted by Crippen LogP contribution is -2.38. The van der Waals surface area contributed by atoms with E-state index in [1.165, 1.54) is 36.1 Å². The minimum atomic E-state index is 0.0600. The standard InChI is InChI=1S/C16H20BrNOS/c17-13-7-3-1-6-12(13)10-18-16(19)15-9-11-5-2-4-8-14(11)20-15/h2,4-5,8,12-13,15H,1,3,6-7,9-10H2,(H,18,19). The van der Waals surface area contributed by atoms with Gasteiger partial charge in [-0.1, -0.05) is 47.0 Å². The molecule has 1 N–H and O–H groups in total. The smallest absolute Gasteiger partial charge is 0.233 e. The number of benzene rings is 1. The lowest BCUT2D eigenvalue weighted by Gasteiger charge is -2.27. The van der Waals surface area contributed by atoms with Gasteiger partial charge in [-0.05, 0) is 36.8 Å². The van der Waals surface area contributed by atoms with Gasteiger partial charge in [0.05, 0.1) is 5.25 Å². The third-order valence-electron chi connectivity index (χ3n) is 4.29. The Hall–Kier alpha value is -0.480. The Labute approximate surface area is 133 Å². The van der Waals surface area contributed by atoms with E-state index in [1.54, 1.807) is 11.8 Å². The predicted molar refractivity (Wildman–Crippen MR) is 87.5 cm³/mol. The molecule has 0 aromatic heterocycles. The number of rotatable bonds is 3. The molecule has 1 saturated carbocycles. The summed E-state index contributed by atoms with van der Waals surface area (Å²) >= 11 is 5.46. The Bertz CT molecular complexity index is 468. The van der Waals surface area contributed by atoms with Crippen LogP contribution in [0.1, 0.15) is 31.2 Å². The van der Waals surface area contributed by atoms with Gasteiger partial charge >= 0.3 is 0 Å². The number of carbonyl (C=O) groups excluding carboxylic acids is 1. The molecular formula is C16H20BrNOS. The van der Waals surface area contributed by atoms with Crippen molar-refractivity contribution in [3.05, 3.63) is 29.8 Å². The van der Waals surface area contributed by atoms with Gasteiger partial charge in [-0.3, -0.25) is 4.79 Å². The number of hydrogen-bond acceptors (Lipinski definition) is 2. The fourth-order valence-electron chi connectivity index (χ4n) is 3.07. The molecule has 3 unspecified atom stereocenters. The minimum absolute atomic E-state index is 0.0600. The molecule has 1 heterocycles. The van der Waals surface area contributed by atoms with Crippen molar-refractivity contribution in [3.8, 4) is 0 Å². The SMILES string of the molecule is O=C(NCC1CCCCC1Br)C1Cc2ccccc2S1. The van der Waals surface area contributed by atoms with Crippen LogP contribution < -0.4 is 5.32 Å². The molecule has 0 saturated heterocycles. The van der Waals surface area contributed by atoms with Crippen LogP contribution >= 0.6 is 27.7 Å². The van der Waals surface area contributed by atoms with Crippen LogP contribution in [0.2, 0.25) is 0 Å². The number of fused-ring (bicyclic) bond motifs is 1. The van der Waals surface area contributed by atoms with E-state index in [1.807, 2.05) is 6.07 Å². The molecule has 0 radical (unpaired) electrons. The Morgan fingerprint density at radius 2 is 2.10 bits per heavy atom. The maximum absolute atomic E-state index is 12.3. The highest BCUT2D eigenvalue weighted by Crippen LogP contribution is 2.37. The number of hydrogen-bond donors (Lipinski definition) is 1. The second kappa shape index (κ2) is 6.52. The molecule has 4 heteroatoms. The quantitative estimate of drug-likeness (QED) is 0.838. The summed E-state index contributed by atoms with van der Waals surface area (Å²) in [5, 5.41) is 3.23. The molecule has 1 amide bonds. The molecule has 1 fully saturated rings. The first-order chi connectivity index (χ1) is 9.74. The van der Waals surface area contributed by atoms with E-state index in [2.05, 4.69) is 39.4 Å². The Kier molecular flexibility index (Phi) is 4.72. The number of thioether (sulfide) groups is 1. The third-order valence-corrected chi connectivity index (χ3v) is 6.82. The number of halogens is 1. The van der Waals surface area contributed by atoms with Crippen molar-refractivity contribution in [1.29, 1.82) is 0 Å². The first-order valence-electron chi connectivity index (χ1n) is 7.40. The summed E-state index contributed by atoms with van der Waals surface area (Å²) < 4.78 is 0. The van der Waals surface area contributed by atoms with Crippen molar-refractivity contribution < 1.29 is 4.79 Å². The van der Waals surface area contributed by atoms with Crippen molar-refractivity contribution >= 4 is 33.6 Å². The molecule has 20 heavy (non-hydrogen) atoms. The van der Waals surface area contributed by atoms with Gasteiger partial charge in [0.2, 0.25) is 5.91 Å². The number of nitrogens with one attached hydrogen (secondary N) is 1. The van der Waals surface area contributed by atoms with Gasteiger partial charge in [-0.25, -0.2) is 0 Å². The summed E-state index contributed by atoms with van der Waals surface area (Å²) in [6, 6.07) is 8.34. The van der Waals surface area contributed by atoms with Gasteiger partial charge in [-0.15, -0.1) is 11.8 Å². The number of alkyl halides is 1. The fourth-order valence-corrected chi connectivity index (χ4v) is 5.06. The Morgan fingerprint density at radius 3 is 2.90 bits per heavy atom. The molecule has 0 bridgehead atoms. The van der Waals surface area contributed by atoms with Crippen LogP contribution in [0.15, 0.2) is 29.2 Å². The van der Waals surface area contributed by atoms with Crippen LogP contribution in [-0.2, 0) is 11.2 Å². The monoisotopic (exact) mass is 353 g/mol. The molecule has 2 nitrogen and oxygen atoms in total. The van der Waals surface area contributed by atoms with Crippen molar-refractivity contribution in [1.82, 2.24) is 5.32 Å². The topological polar surface area (TPSA) is 29.1 Å². The molecule has 0 spiro atoms. The zero-order valence-corrected chi connectivity index (χ0v) is 13.9. The van der Waals surface area contributed by atoms with Crippen molar-refractivity contribution in [3.63, 3.8) is 0 Å². The van der Waals surface area contributed by atoms with E-state index in [0.717, 1.165) is 13.0 Å². The maximum atomic E-state index is 12.3. The lowest BCUT2D eigenvalue weighted by atomic mass is 9.89. The number of carbonyl (C=O) groups is 1. The highest BCUT2D eigenvalue weighted by atomic mass is 79.9. The van der Waals surface area contributed by atoms with E-state index in [9.17, 15) is 4.79 Å². The molecule has 3 atom stereocenters. The summed E-state index contributed by atoms with van der Waals surface area (Å²) in [4.78, 5) is 14.2. The summed E-state index contributed by atoms with van der Waals surface area (Å²) in [6.45, 7) is 0.822. The lowest BCUT2D eigenvalue weighted by molar-refractivity contribution is -0.120. The van der Waals surface area contributed by atoms with E-state index in [4.69, 9.17) is 0 Å². The Morgan fingerprint density at radius 1 is 1.30 bits per heavy atom. The minimum Gasteiger partial charge on any atom is -0.355 e. The molecule has 2 aliphatic rings. The van der Waals surface area contributed by atoms with Gasteiger partial charge in [0.15, 0.2) is 0 Å². The summed E-state index contributed by atoms with van der Waals surface area (Å²) in [6.07, 6.45) is 5.95. The highest BCUT2D eigenvalue weighted by molar-refractivity contribution is 9.09. The van der Waals surface area contributed by atoms with Gasteiger partial charge in [0.1, 0.15) is 0 Å². The van der Waals surface area contributed by atoms with E-state index in [0.29, 0.717) is 10.7 Å². The molecule has 1 aliphatic carbocycles. The zero-order chi connectivity index (χ0) is 13.9. The van der Waals surface area contributed by atoms with Gasteiger partial charge in [0.25, 0.3) is 0 Å². The third kappa shape index (κ3) is 3.22. The maximum Gasteiger partial charge on any atom is 0.233 e. The normalized spacial score (nSPS) is 28.9. The zero-order valence-electron chi connectivity index (χ0n) is 11.5. The average molecular weight is 354 g/mol. The van der Waals surface area contributed by atoms with Gasteiger partial charge < -0.3 is 5.32 Å². The van der Waals surface area contributed by atoms with Gasteiger partial charge in [-0.2, -0.15) is 0 Å². The molecular weight excluding hydrogens is 334 g/mol. The molecule has 108 valence electrons. The van der Waals surface area contributed by atoms with Crippen molar-refractivity contribution in [2.75, 3.05) is 6.54 Å². The second-order valence-corrected chi connectivity index (χ2v) is 8.14. The summed E-state index contributed by atoms with van der Waals surface area (Å²) in [5.74, 6) is 0.804. The van der Waals surface area contributed by atoms with Crippen molar-refractivity contribution in [2.45, 2.75) is 47.1 Å². The molecule has 3 rings (SSSR count). The van der Waals surface area contributed by atoms with Crippen LogP contribution in [0.3, 0.4) is 0 Å². The molecule has 1 aromatic carbocycles. The summed E-state index contributed by atoms with van der Waals surface area (Å²) in [5.41, 5.74) is 1.31. The van der Waals surface area contributed by atoms with Crippen molar-refractivity contribution in [2.24, 2.45) is 5.92 Å². The van der Waals surface area contributed by atoms with Crippen LogP contribution in [0.5, 0.6) is 0 Å². The first-order valence-corrected chi connectivity index (χ1v) is 9.20. The van der Waals surface area contributed by atoms with E-state index in [-0.39, 0.29) is 11.2 Å². The second-order valence-electron chi connectivity index (χ2n) is 5.72. The summed E-state index contributed by atoms with van der Waals surface area (Å²) in [7, 11) is 0. The van der Waals surface area contributed by atoms with E-state index >= 15 is 0 Å². The van der Waals surface area contributed by atoms with Crippen LogP contribution in [-0.4, -0.2) is 22.5 Å². The van der Waals surface area contributed by atoms with Crippen LogP contribution in [0.4, 0.5) is 0 Å². The van der Waals surface area contributed by atoms with Gasteiger partial charge in [0, 0.05) is 16.3 Å². The largest absolute Gasteiger partial charge is 0.355 e. The highest BCUT2D eigenvalue weighted by Gasteiger charge is 2.29.